The average molecular weight is 323 g/mol. The molecule has 1 aliphatic rings. The van der Waals surface area contributed by atoms with E-state index in [-0.39, 0.29) is 12.6 Å². The highest BCUT2D eigenvalue weighted by atomic mass is 16.5. The summed E-state index contributed by atoms with van der Waals surface area (Å²) >= 11 is 0. The molecule has 0 bridgehead atoms. The number of morpholine rings is 1. The molecule has 6 heteroatoms. The van der Waals surface area contributed by atoms with E-state index in [4.69, 9.17) is 20.3 Å². The highest BCUT2D eigenvalue weighted by molar-refractivity contribution is 5.31. The Labute approximate surface area is 138 Å². The zero-order valence-corrected chi connectivity index (χ0v) is 14.0. The molecule has 3 N–H and O–H groups in total. The Hall–Kier alpha value is -1.18. The molecule has 1 saturated heterocycles. The summed E-state index contributed by atoms with van der Waals surface area (Å²) in [4.78, 5) is 4.41. The van der Waals surface area contributed by atoms with E-state index in [1.165, 1.54) is 0 Å². The van der Waals surface area contributed by atoms with Crippen molar-refractivity contribution in [2.24, 2.45) is 5.73 Å². The highest BCUT2D eigenvalue weighted by Gasteiger charge is 2.15. The maximum Gasteiger partial charge on any atom is 0.119 e. The summed E-state index contributed by atoms with van der Waals surface area (Å²) < 4.78 is 11.2. The van der Waals surface area contributed by atoms with Crippen LogP contribution in [0.2, 0.25) is 0 Å². The van der Waals surface area contributed by atoms with Crippen molar-refractivity contribution in [1.82, 2.24) is 9.80 Å². The quantitative estimate of drug-likeness (QED) is 0.682. The lowest BCUT2D eigenvalue weighted by atomic mass is 10.1. The van der Waals surface area contributed by atoms with Crippen LogP contribution in [-0.2, 0) is 4.74 Å². The summed E-state index contributed by atoms with van der Waals surface area (Å²) in [5, 5.41) is 9.10. The minimum Gasteiger partial charge on any atom is -0.492 e. The Morgan fingerprint density at radius 1 is 1.39 bits per heavy atom. The van der Waals surface area contributed by atoms with Gasteiger partial charge in [-0.05, 0) is 24.7 Å². The third-order valence-corrected chi connectivity index (χ3v) is 4.23. The lowest BCUT2D eigenvalue weighted by molar-refractivity contribution is 0.0322. The fourth-order valence-electron chi connectivity index (χ4n) is 2.81. The largest absolute Gasteiger partial charge is 0.492 e. The van der Waals surface area contributed by atoms with Gasteiger partial charge in [-0.15, -0.1) is 0 Å². The van der Waals surface area contributed by atoms with Crippen molar-refractivity contribution >= 4 is 0 Å². The molecule has 2 rings (SSSR count). The maximum atomic E-state index is 9.10. The van der Waals surface area contributed by atoms with Gasteiger partial charge in [-0.1, -0.05) is 12.1 Å². The zero-order valence-electron chi connectivity index (χ0n) is 14.0. The van der Waals surface area contributed by atoms with E-state index in [2.05, 4.69) is 15.9 Å². The van der Waals surface area contributed by atoms with E-state index >= 15 is 0 Å². The number of likely N-dealkylation sites (N-methyl/N-ethyl adjacent to an activating group) is 1. The summed E-state index contributed by atoms with van der Waals surface area (Å²) in [6.45, 7) is 6.40. The molecule has 0 saturated carbocycles. The van der Waals surface area contributed by atoms with E-state index in [0.29, 0.717) is 19.7 Å². The van der Waals surface area contributed by atoms with Crippen LogP contribution >= 0.6 is 0 Å². The van der Waals surface area contributed by atoms with Gasteiger partial charge in [0.05, 0.1) is 19.8 Å². The van der Waals surface area contributed by atoms with Crippen molar-refractivity contribution in [3.8, 4) is 5.75 Å². The van der Waals surface area contributed by atoms with E-state index < -0.39 is 0 Å². The molecular formula is C17H29N3O3. The van der Waals surface area contributed by atoms with Crippen molar-refractivity contribution < 1.29 is 14.6 Å². The maximum absolute atomic E-state index is 9.10. The van der Waals surface area contributed by atoms with Gasteiger partial charge in [-0.25, -0.2) is 0 Å². The van der Waals surface area contributed by atoms with Gasteiger partial charge in [0.1, 0.15) is 12.4 Å². The molecule has 6 nitrogen and oxygen atoms in total. The van der Waals surface area contributed by atoms with E-state index in [9.17, 15) is 0 Å². The summed E-state index contributed by atoms with van der Waals surface area (Å²) in [6, 6.07) is 8.16. The van der Waals surface area contributed by atoms with Gasteiger partial charge in [0.15, 0.2) is 0 Å². The Morgan fingerprint density at radius 2 is 2.17 bits per heavy atom. The van der Waals surface area contributed by atoms with Crippen molar-refractivity contribution in [2.75, 3.05) is 66.2 Å². The second-order valence-electron chi connectivity index (χ2n) is 5.83. The summed E-state index contributed by atoms with van der Waals surface area (Å²) in [6.07, 6.45) is 0. The van der Waals surface area contributed by atoms with E-state index in [1.54, 1.807) is 0 Å². The second-order valence-corrected chi connectivity index (χ2v) is 5.83. The fraction of sp³-hybridized carbons (Fsp3) is 0.647. The van der Waals surface area contributed by atoms with Gasteiger partial charge in [0, 0.05) is 38.8 Å². The molecule has 1 aromatic carbocycles. The van der Waals surface area contributed by atoms with Gasteiger partial charge in [0.2, 0.25) is 0 Å². The molecule has 1 unspecified atom stereocenters. The predicted octanol–water partition coefficient (Wildman–Crippen LogP) is 0.322. The van der Waals surface area contributed by atoms with E-state index in [0.717, 1.165) is 44.2 Å². The molecule has 1 atom stereocenters. The number of ether oxygens (including phenoxy) is 2. The third-order valence-electron chi connectivity index (χ3n) is 4.23. The monoisotopic (exact) mass is 323 g/mol. The normalized spacial score (nSPS) is 17.4. The number of nitrogens with zero attached hydrogens (tertiary/aromatic N) is 2. The Balaban J connectivity index is 1.87. The molecule has 130 valence electrons. The minimum absolute atomic E-state index is 0.0879. The van der Waals surface area contributed by atoms with Gasteiger partial charge in [-0.3, -0.25) is 9.80 Å². The SMILES string of the molecule is CN(CCO)C(CN)c1cccc(OCCN2CCOCC2)c1. The van der Waals surface area contributed by atoms with Crippen LogP contribution in [0.15, 0.2) is 24.3 Å². The standard InChI is InChI=1S/C17H29N3O3/c1-19(5-9-21)17(14-18)15-3-2-4-16(13-15)23-12-8-20-6-10-22-11-7-20/h2-4,13,17,21H,5-12,14,18H2,1H3. The van der Waals surface area contributed by atoms with Crippen LogP contribution in [0.25, 0.3) is 0 Å². The van der Waals surface area contributed by atoms with Gasteiger partial charge in [0.25, 0.3) is 0 Å². The van der Waals surface area contributed by atoms with Crippen LogP contribution < -0.4 is 10.5 Å². The molecule has 1 aliphatic heterocycles. The molecule has 0 amide bonds. The number of benzene rings is 1. The highest BCUT2D eigenvalue weighted by Crippen LogP contribution is 2.22. The minimum atomic E-state index is 0.0879. The second kappa shape index (κ2) is 9.85. The first kappa shape index (κ1) is 18.2. The number of nitrogens with two attached hydrogens (primary N) is 1. The topological polar surface area (TPSA) is 71.2 Å². The zero-order chi connectivity index (χ0) is 16.5. The molecular weight excluding hydrogens is 294 g/mol. The third kappa shape index (κ3) is 5.75. The number of hydrogen-bond acceptors (Lipinski definition) is 6. The molecule has 0 aromatic heterocycles. The van der Waals surface area contributed by atoms with Crippen molar-refractivity contribution in [1.29, 1.82) is 0 Å². The molecule has 0 radical (unpaired) electrons. The summed E-state index contributed by atoms with van der Waals surface area (Å²) in [5.74, 6) is 0.867. The van der Waals surface area contributed by atoms with Crippen LogP contribution in [-0.4, -0.2) is 81.1 Å². The Morgan fingerprint density at radius 3 is 2.87 bits per heavy atom. The van der Waals surface area contributed by atoms with Crippen LogP contribution in [0.3, 0.4) is 0 Å². The average Bonchev–Trinajstić information content (AvgIpc) is 2.57. The molecule has 0 spiro atoms. The lowest BCUT2D eigenvalue weighted by Crippen LogP contribution is -2.38. The summed E-state index contributed by atoms with van der Waals surface area (Å²) in [5.41, 5.74) is 7.02. The van der Waals surface area contributed by atoms with Gasteiger partial charge in [-0.2, -0.15) is 0 Å². The van der Waals surface area contributed by atoms with Crippen molar-refractivity contribution in [3.05, 3.63) is 29.8 Å². The van der Waals surface area contributed by atoms with Crippen molar-refractivity contribution in [3.63, 3.8) is 0 Å². The molecule has 1 heterocycles. The van der Waals surface area contributed by atoms with Crippen LogP contribution in [0.1, 0.15) is 11.6 Å². The van der Waals surface area contributed by atoms with Crippen LogP contribution in [0, 0.1) is 0 Å². The van der Waals surface area contributed by atoms with Crippen LogP contribution in [0.4, 0.5) is 0 Å². The van der Waals surface area contributed by atoms with Gasteiger partial charge < -0.3 is 20.3 Å². The summed E-state index contributed by atoms with van der Waals surface area (Å²) in [7, 11) is 1.97. The Kier molecular flexibility index (Phi) is 7.78. The molecule has 0 aliphatic carbocycles. The van der Waals surface area contributed by atoms with Crippen LogP contribution in [0.5, 0.6) is 5.75 Å². The van der Waals surface area contributed by atoms with E-state index in [1.807, 2.05) is 25.2 Å². The number of aliphatic hydroxyl groups excluding tert-OH is 1. The number of rotatable bonds is 9. The molecule has 23 heavy (non-hydrogen) atoms. The number of hydrogen-bond donors (Lipinski definition) is 2. The first-order valence-electron chi connectivity index (χ1n) is 8.28. The Bertz CT molecular complexity index is 452. The fourth-order valence-corrected chi connectivity index (χ4v) is 2.81. The smallest absolute Gasteiger partial charge is 0.119 e. The first-order chi connectivity index (χ1) is 11.2. The predicted molar refractivity (Wildman–Crippen MR) is 90.7 cm³/mol. The number of aliphatic hydroxyl groups is 1. The first-order valence-corrected chi connectivity index (χ1v) is 8.28. The lowest BCUT2D eigenvalue weighted by Gasteiger charge is -2.27. The van der Waals surface area contributed by atoms with Crippen molar-refractivity contribution in [2.45, 2.75) is 6.04 Å². The van der Waals surface area contributed by atoms with Gasteiger partial charge >= 0.3 is 0 Å². The molecule has 1 fully saturated rings. The molecule has 1 aromatic rings.